The molecule has 0 fully saturated rings. The van der Waals surface area contributed by atoms with Crippen LogP contribution in [-0.4, -0.2) is 39.9 Å². The van der Waals surface area contributed by atoms with Gasteiger partial charge in [-0.05, 0) is 29.7 Å². The number of rotatable bonds is 7. The third-order valence-electron chi connectivity index (χ3n) is 2.50. The molecular weight excluding hydrogens is 282 g/mol. The molecule has 1 aromatic heterocycles. The molecule has 0 saturated carbocycles. The Hall–Kier alpha value is -1.80. The number of nitrogens with one attached hydrogen (secondary N) is 1. The van der Waals surface area contributed by atoms with Gasteiger partial charge in [-0.25, -0.2) is 9.59 Å². The molecule has 8 heteroatoms. The average Bonchev–Trinajstić information content (AvgIpc) is 2.44. The highest BCUT2D eigenvalue weighted by Gasteiger charge is 2.38. The van der Waals surface area contributed by atoms with E-state index < -0.39 is 17.8 Å². The van der Waals surface area contributed by atoms with Crippen LogP contribution in [0.5, 0.6) is 0 Å². The number of carboxylic acids is 1. The fourth-order valence-electron chi connectivity index (χ4n) is 1.33. The number of aliphatic carboxylic acids is 1. The normalized spacial score (nSPS) is 13.3. The minimum absolute atomic E-state index is 0.0339. The maximum absolute atomic E-state index is 11.6. The van der Waals surface area contributed by atoms with Crippen molar-refractivity contribution < 1.29 is 19.4 Å². The summed E-state index contributed by atoms with van der Waals surface area (Å²) in [5, 5.41) is 11.5. The first kappa shape index (κ1) is 16.3. The summed E-state index contributed by atoms with van der Waals surface area (Å²) in [4.78, 5) is 26.5. The average molecular weight is 299 g/mol. The van der Waals surface area contributed by atoms with Crippen molar-refractivity contribution in [1.82, 2.24) is 10.3 Å². The van der Waals surface area contributed by atoms with Crippen LogP contribution in [0.1, 0.15) is 12.0 Å². The van der Waals surface area contributed by atoms with Gasteiger partial charge in [-0.1, -0.05) is 0 Å². The summed E-state index contributed by atoms with van der Waals surface area (Å²) >= 11 is 1.42. The number of carbonyl (C=O) groups excluding carboxylic acids is 1. The lowest BCUT2D eigenvalue weighted by Crippen LogP contribution is -2.53. The second kappa shape index (κ2) is 7.71. The maximum Gasteiger partial charge on any atom is 0.409 e. The molecule has 20 heavy (non-hydrogen) atoms. The van der Waals surface area contributed by atoms with Crippen molar-refractivity contribution in [2.45, 2.75) is 18.7 Å². The van der Waals surface area contributed by atoms with Gasteiger partial charge in [0.1, 0.15) is 0 Å². The Morgan fingerprint density at radius 1 is 1.50 bits per heavy atom. The first-order valence-electron chi connectivity index (χ1n) is 5.85. The zero-order valence-corrected chi connectivity index (χ0v) is 11.9. The van der Waals surface area contributed by atoms with Crippen molar-refractivity contribution >= 4 is 23.8 Å². The lowest BCUT2D eigenvalue weighted by molar-refractivity contribution is -0.158. The molecule has 1 heterocycles. The summed E-state index contributed by atoms with van der Waals surface area (Å²) in [7, 11) is 0. The van der Waals surface area contributed by atoms with Crippen molar-refractivity contribution in [1.29, 1.82) is 0 Å². The predicted molar refractivity (Wildman–Crippen MR) is 75.1 cm³/mol. The zero-order valence-electron chi connectivity index (χ0n) is 11.0. The van der Waals surface area contributed by atoms with Crippen LogP contribution in [0.15, 0.2) is 24.5 Å². The number of alkyl carbamates (subject to hydrolysis) is 1. The molecular formula is C12H17N3O4S. The SMILES string of the molecule is CSCCC(N)(OC(=O)NCc1ccncc1)C(=O)O. The van der Waals surface area contributed by atoms with E-state index in [2.05, 4.69) is 10.3 Å². The van der Waals surface area contributed by atoms with E-state index in [9.17, 15) is 9.59 Å². The Kier molecular flexibility index (Phi) is 6.26. The highest BCUT2D eigenvalue weighted by Crippen LogP contribution is 2.13. The van der Waals surface area contributed by atoms with E-state index in [1.165, 1.54) is 11.8 Å². The molecule has 1 amide bonds. The number of nitrogens with two attached hydrogens (primary N) is 1. The Morgan fingerprint density at radius 3 is 2.70 bits per heavy atom. The molecule has 1 rings (SSSR count). The van der Waals surface area contributed by atoms with Crippen LogP contribution < -0.4 is 11.1 Å². The van der Waals surface area contributed by atoms with E-state index in [-0.39, 0.29) is 13.0 Å². The minimum atomic E-state index is -2.01. The molecule has 1 unspecified atom stereocenters. The van der Waals surface area contributed by atoms with Crippen LogP contribution in [0.3, 0.4) is 0 Å². The summed E-state index contributed by atoms with van der Waals surface area (Å²) in [6.07, 6.45) is 4.15. The van der Waals surface area contributed by atoms with E-state index in [1.54, 1.807) is 24.5 Å². The number of pyridine rings is 1. The summed E-state index contributed by atoms with van der Waals surface area (Å²) in [6.45, 7) is 0.208. The number of carbonyl (C=O) groups is 2. The Bertz CT molecular complexity index is 457. The molecule has 1 atom stereocenters. The Balaban J connectivity index is 2.52. The van der Waals surface area contributed by atoms with Gasteiger partial charge in [0.25, 0.3) is 5.72 Å². The lowest BCUT2D eigenvalue weighted by atomic mass is 10.2. The van der Waals surface area contributed by atoms with Crippen molar-refractivity contribution in [2.24, 2.45) is 5.73 Å². The van der Waals surface area contributed by atoms with Crippen LogP contribution in [0.4, 0.5) is 4.79 Å². The van der Waals surface area contributed by atoms with Gasteiger partial charge in [-0.3, -0.25) is 10.7 Å². The summed E-state index contributed by atoms with van der Waals surface area (Å²) in [6, 6.07) is 3.45. The first-order valence-corrected chi connectivity index (χ1v) is 7.24. The van der Waals surface area contributed by atoms with Crippen molar-refractivity contribution in [3.63, 3.8) is 0 Å². The van der Waals surface area contributed by atoms with Crippen molar-refractivity contribution in [2.75, 3.05) is 12.0 Å². The fraction of sp³-hybridized carbons (Fsp3) is 0.417. The number of hydrogen-bond acceptors (Lipinski definition) is 6. The molecule has 0 aliphatic carbocycles. The van der Waals surface area contributed by atoms with Crippen molar-refractivity contribution in [3.8, 4) is 0 Å². The number of carboxylic acid groups (broad SMARTS) is 1. The number of aromatic nitrogens is 1. The minimum Gasteiger partial charge on any atom is -0.477 e. The molecule has 0 spiro atoms. The van der Waals surface area contributed by atoms with E-state index in [0.29, 0.717) is 5.75 Å². The molecule has 0 radical (unpaired) electrons. The highest BCUT2D eigenvalue weighted by molar-refractivity contribution is 7.98. The van der Waals surface area contributed by atoms with E-state index >= 15 is 0 Å². The van der Waals surface area contributed by atoms with Crippen molar-refractivity contribution in [3.05, 3.63) is 30.1 Å². The Labute approximate surface area is 120 Å². The third-order valence-corrected chi connectivity index (χ3v) is 3.11. The number of thioether (sulfide) groups is 1. The molecule has 0 bridgehead atoms. The lowest BCUT2D eigenvalue weighted by Gasteiger charge is -2.24. The van der Waals surface area contributed by atoms with E-state index in [4.69, 9.17) is 15.6 Å². The number of ether oxygens (including phenoxy) is 1. The second-order valence-electron chi connectivity index (χ2n) is 4.04. The van der Waals surface area contributed by atoms with E-state index in [1.807, 2.05) is 6.26 Å². The van der Waals surface area contributed by atoms with Gasteiger partial charge in [-0.15, -0.1) is 0 Å². The van der Waals surface area contributed by atoms with Gasteiger partial charge in [0, 0.05) is 25.4 Å². The third kappa shape index (κ3) is 5.06. The summed E-state index contributed by atoms with van der Waals surface area (Å²) < 4.78 is 4.82. The Morgan fingerprint density at radius 2 is 2.15 bits per heavy atom. The number of amides is 1. The van der Waals surface area contributed by atoms with Crippen LogP contribution in [-0.2, 0) is 16.1 Å². The molecule has 110 valence electrons. The monoisotopic (exact) mass is 299 g/mol. The molecule has 0 aromatic carbocycles. The smallest absolute Gasteiger partial charge is 0.409 e. The topological polar surface area (TPSA) is 115 Å². The van der Waals surface area contributed by atoms with Gasteiger partial charge < -0.3 is 15.2 Å². The van der Waals surface area contributed by atoms with Gasteiger partial charge in [0.2, 0.25) is 0 Å². The quantitative estimate of drug-likeness (QED) is 0.638. The number of hydrogen-bond donors (Lipinski definition) is 3. The maximum atomic E-state index is 11.6. The summed E-state index contributed by atoms with van der Waals surface area (Å²) in [5.41, 5.74) is 4.40. The van der Waals surface area contributed by atoms with E-state index in [0.717, 1.165) is 5.56 Å². The first-order chi connectivity index (χ1) is 9.48. The van der Waals surface area contributed by atoms with Crippen LogP contribution >= 0.6 is 11.8 Å². The zero-order chi connectivity index (χ0) is 15.0. The second-order valence-corrected chi connectivity index (χ2v) is 5.02. The molecule has 0 saturated heterocycles. The van der Waals surface area contributed by atoms with Gasteiger partial charge in [0.05, 0.1) is 0 Å². The molecule has 1 aromatic rings. The molecule has 0 aliphatic heterocycles. The van der Waals surface area contributed by atoms with Gasteiger partial charge in [0.15, 0.2) is 0 Å². The number of nitrogens with zero attached hydrogens (tertiary/aromatic N) is 1. The standard InChI is InChI=1S/C12H17N3O4S/c1-20-7-4-12(13,10(16)17)19-11(18)15-8-9-2-5-14-6-3-9/h2-3,5-6H,4,7-8,13H2,1H3,(H,15,18)(H,16,17). The fourth-order valence-corrected chi connectivity index (χ4v) is 1.84. The van der Waals surface area contributed by atoms with Crippen LogP contribution in [0.2, 0.25) is 0 Å². The summed E-state index contributed by atoms with van der Waals surface area (Å²) in [5.74, 6) is -0.897. The van der Waals surface area contributed by atoms with Crippen LogP contribution in [0.25, 0.3) is 0 Å². The molecule has 7 nitrogen and oxygen atoms in total. The molecule has 0 aliphatic rings. The highest BCUT2D eigenvalue weighted by atomic mass is 32.2. The van der Waals surface area contributed by atoms with Crippen LogP contribution in [0, 0.1) is 0 Å². The van der Waals surface area contributed by atoms with Gasteiger partial charge in [-0.2, -0.15) is 11.8 Å². The largest absolute Gasteiger partial charge is 0.477 e. The molecule has 4 N–H and O–H groups in total. The van der Waals surface area contributed by atoms with Gasteiger partial charge >= 0.3 is 12.1 Å². The predicted octanol–water partition coefficient (Wildman–Crippen LogP) is 0.800.